The average molecular weight is 247 g/mol. The van der Waals surface area contributed by atoms with Gasteiger partial charge in [-0.05, 0) is 13.0 Å². The van der Waals surface area contributed by atoms with E-state index in [1.54, 1.807) is 0 Å². The molecule has 0 rings (SSSR count). The second-order valence-corrected chi connectivity index (χ2v) is 6.17. The molecule has 0 bridgehead atoms. The van der Waals surface area contributed by atoms with Gasteiger partial charge in [0.25, 0.3) is 0 Å². The third kappa shape index (κ3) is 12.2. The van der Waals surface area contributed by atoms with Gasteiger partial charge in [0, 0.05) is 28.9 Å². The number of hydrogen-bond donors (Lipinski definition) is 1. The van der Waals surface area contributed by atoms with E-state index >= 15 is 0 Å². The van der Waals surface area contributed by atoms with E-state index in [1.165, 1.54) is 44.9 Å². The highest BCUT2D eigenvalue weighted by atomic mass is 32.2. The van der Waals surface area contributed by atoms with Crippen molar-refractivity contribution < 1.29 is 4.21 Å². The molecule has 0 radical (unpaired) electrons. The van der Waals surface area contributed by atoms with Crippen molar-refractivity contribution in [3.05, 3.63) is 0 Å². The molecule has 98 valence electrons. The van der Waals surface area contributed by atoms with E-state index in [1.807, 2.05) is 6.92 Å². The summed E-state index contributed by atoms with van der Waals surface area (Å²) in [6.07, 6.45) is 9.51. The summed E-state index contributed by atoms with van der Waals surface area (Å²) in [6, 6.07) is 0. The second kappa shape index (κ2) is 13.2. The van der Waals surface area contributed by atoms with Gasteiger partial charge >= 0.3 is 0 Å². The number of unbranched alkanes of at least 4 members (excludes halogenated alkanes) is 6. The lowest BCUT2D eigenvalue weighted by Crippen LogP contribution is -2.22. The first-order chi connectivity index (χ1) is 7.81. The van der Waals surface area contributed by atoms with Crippen LogP contribution in [0.1, 0.15) is 58.8 Å². The molecule has 1 unspecified atom stereocenters. The van der Waals surface area contributed by atoms with Gasteiger partial charge in [0.1, 0.15) is 0 Å². The highest BCUT2D eigenvalue weighted by molar-refractivity contribution is 7.84. The van der Waals surface area contributed by atoms with Crippen molar-refractivity contribution >= 4 is 10.8 Å². The maximum atomic E-state index is 11.1. The molecule has 0 saturated heterocycles. The summed E-state index contributed by atoms with van der Waals surface area (Å²) < 4.78 is 11.1. The minimum atomic E-state index is -0.602. The van der Waals surface area contributed by atoms with Crippen LogP contribution in [0.2, 0.25) is 0 Å². The van der Waals surface area contributed by atoms with Gasteiger partial charge in [0.2, 0.25) is 0 Å². The van der Waals surface area contributed by atoms with Gasteiger partial charge in [0.15, 0.2) is 0 Å². The summed E-state index contributed by atoms with van der Waals surface area (Å²) in [6.45, 7) is 6.24. The Morgan fingerprint density at radius 2 is 1.50 bits per heavy atom. The molecule has 0 amide bonds. The normalized spacial score (nSPS) is 12.9. The van der Waals surface area contributed by atoms with E-state index in [0.29, 0.717) is 0 Å². The highest BCUT2D eigenvalue weighted by Crippen LogP contribution is 2.06. The fourth-order valence-corrected chi connectivity index (χ4v) is 2.32. The monoisotopic (exact) mass is 247 g/mol. The van der Waals surface area contributed by atoms with Crippen LogP contribution in [0, 0.1) is 0 Å². The first-order valence-electron chi connectivity index (χ1n) is 6.87. The van der Waals surface area contributed by atoms with Crippen LogP contribution in [0.5, 0.6) is 0 Å². The van der Waals surface area contributed by atoms with E-state index in [9.17, 15) is 4.21 Å². The van der Waals surface area contributed by atoms with Crippen LogP contribution in [0.3, 0.4) is 0 Å². The quantitative estimate of drug-likeness (QED) is 0.537. The van der Waals surface area contributed by atoms with Crippen molar-refractivity contribution in [2.24, 2.45) is 0 Å². The molecular formula is C13H29NOS. The van der Waals surface area contributed by atoms with Crippen molar-refractivity contribution in [1.82, 2.24) is 5.32 Å². The Morgan fingerprint density at radius 1 is 0.875 bits per heavy atom. The predicted octanol–water partition coefficient (Wildman–Crippen LogP) is 3.10. The standard InChI is InChI=1S/C13H29NOS/c1-3-5-6-7-8-9-10-11-14-12-13-16(15)4-2/h14H,3-13H2,1-2H3. The zero-order valence-corrected chi connectivity index (χ0v) is 11.9. The molecular weight excluding hydrogens is 218 g/mol. The van der Waals surface area contributed by atoms with Crippen LogP contribution in [0.25, 0.3) is 0 Å². The lowest BCUT2D eigenvalue weighted by atomic mass is 10.1. The lowest BCUT2D eigenvalue weighted by Gasteiger charge is -2.04. The van der Waals surface area contributed by atoms with Crippen LogP contribution < -0.4 is 5.32 Å². The average Bonchev–Trinajstić information content (AvgIpc) is 2.31. The highest BCUT2D eigenvalue weighted by Gasteiger charge is 1.95. The molecule has 2 nitrogen and oxygen atoms in total. The third-order valence-corrected chi connectivity index (χ3v) is 4.09. The molecule has 0 saturated carbocycles. The molecule has 0 aromatic heterocycles. The molecule has 0 spiro atoms. The number of hydrogen-bond acceptors (Lipinski definition) is 2. The predicted molar refractivity (Wildman–Crippen MR) is 74.4 cm³/mol. The minimum absolute atomic E-state index is 0.602. The van der Waals surface area contributed by atoms with Gasteiger partial charge in [-0.25, -0.2) is 0 Å². The maximum Gasteiger partial charge on any atom is 0.0359 e. The molecule has 1 N–H and O–H groups in total. The van der Waals surface area contributed by atoms with Crippen LogP contribution in [-0.2, 0) is 10.8 Å². The molecule has 0 heterocycles. The Kier molecular flexibility index (Phi) is 13.3. The smallest absolute Gasteiger partial charge is 0.0359 e. The Bertz CT molecular complexity index is 162. The summed E-state index contributed by atoms with van der Waals surface area (Å²) in [7, 11) is -0.602. The van der Waals surface area contributed by atoms with Gasteiger partial charge in [-0.3, -0.25) is 4.21 Å². The van der Waals surface area contributed by atoms with E-state index < -0.39 is 10.8 Å². The van der Waals surface area contributed by atoms with Gasteiger partial charge in [-0.15, -0.1) is 0 Å². The maximum absolute atomic E-state index is 11.1. The molecule has 3 heteroatoms. The lowest BCUT2D eigenvalue weighted by molar-refractivity contribution is 0.569. The van der Waals surface area contributed by atoms with E-state index in [2.05, 4.69) is 12.2 Å². The summed E-state index contributed by atoms with van der Waals surface area (Å²) >= 11 is 0. The zero-order chi connectivity index (χ0) is 12.1. The SMILES string of the molecule is CCCCCCCCCNCCS(=O)CC. The van der Waals surface area contributed by atoms with Crippen molar-refractivity contribution in [2.75, 3.05) is 24.6 Å². The molecule has 1 atom stereocenters. The molecule has 0 fully saturated rings. The van der Waals surface area contributed by atoms with Crippen molar-refractivity contribution in [3.63, 3.8) is 0 Å². The topological polar surface area (TPSA) is 29.1 Å². The third-order valence-electron chi connectivity index (χ3n) is 2.79. The molecule has 0 aliphatic rings. The molecule has 0 aromatic rings. The molecule has 0 aromatic carbocycles. The molecule has 0 aliphatic carbocycles. The minimum Gasteiger partial charge on any atom is -0.316 e. The fraction of sp³-hybridized carbons (Fsp3) is 1.00. The summed E-state index contributed by atoms with van der Waals surface area (Å²) in [4.78, 5) is 0. The van der Waals surface area contributed by atoms with E-state index in [0.717, 1.165) is 24.6 Å². The van der Waals surface area contributed by atoms with Crippen molar-refractivity contribution in [2.45, 2.75) is 58.8 Å². The summed E-state index contributed by atoms with van der Waals surface area (Å²) in [5, 5.41) is 3.36. The van der Waals surface area contributed by atoms with Crippen LogP contribution in [-0.4, -0.2) is 28.8 Å². The number of nitrogens with one attached hydrogen (secondary N) is 1. The van der Waals surface area contributed by atoms with Crippen molar-refractivity contribution in [3.8, 4) is 0 Å². The van der Waals surface area contributed by atoms with Crippen LogP contribution in [0.4, 0.5) is 0 Å². The summed E-state index contributed by atoms with van der Waals surface area (Å²) in [5.74, 6) is 1.60. The fourth-order valence-electron chi connectivity index (χ4n) is 1.66. The Morgan fingerprint density at radius 3 is 2.12 bits per heavy atom. The van der Waals surface area contributed by atoms with Crippen LogP contribution in [0.15, 0.2) is 0 Å². The van der Waals surface area contributed by atoms with Gasteiger partial charge in [-0.2, -0.15) is 0 Å². The number of rotatable bonds is 12. The summed E-state index contributed by atoms with van der Waals surface area (Å²) in [5.41, 5.74) is 0. The Balaban J connectivity index is 2.96. The van der Waals surface area contributed by atoms with Crippen molar-refractivity contribution in [1.29, 1.82) is 0 Å². The van der Waals surface area contributed by atoms with Gasteiger partial charge < -0.3 is 5.32 Å². The largest absolute Gasteiger partial charge is 0.316 e. The Hall–Kier alpha value is 0.110. The van der Waals surface area contributed by atoms with Gasteiger partial charge in [0.05, 0.1) is 0 Å². The second-order valence-electron chi connectivity index (χ2n) is 4.30. The van der Waals surface area contributed by atoms with Crippen LogP contribution >= 0.6 is 0 Å². The molecule has 16 heavy (non-hydrogen) atoms. The molecule has 0 aliphatic heterocycles. The zero-order valence-electron chi connectivity index (χ0n) is 11.1. The van der Waals surface area contributed by atoms with E-state index in [-0.39, 0.29) is 0 Å². The first-order valence-corrected chi connectivity index (χ1v) is 8.35. The first kappa shape index (κ1) is 16.1. The van der Waals surface area contributed by atoms with Gasteiger partial charge in [-0.1, -0.05) is 52.4 Å². The Labute approximate surface area is 104 Å². The van der Waals surface area contributed by atoms with E-state index in [4.69, 9.17) is 0 Å².